The van der Waals surface area contributed by atoms with Crippen molar-refractivity contribution in [2.75, 3.05) is 13.6 Å². The molecule has 5 heteroatoms. The Labute approximate surface area is 119 Å². The van der Waals surface area contributed by atoms with E-state index in [-0.39, 0.29) is 19.0 Å². The van der Waals surface area contributed by atoms with Crippen LogP contribution in [0.1, 0.15) is 37.3 Å². The number of nitrogens with one attached hydrogen (secondary N) is 1. The van der Waals surface area contributed by atoms with Crippen molar-refractivity contribution < 1.29 is 14.7 Å². The smallest absolute Gasteiger partial charge is 0.317 e. The van der Waals surface area contributed by atoms with Gasteiger partial charge >= 0.3 is 12.0 Å². The third kappa shape index (κ3) is 5.30. The number of amides is 2. The van der Waals surface area contributed by atoms with Gasteiger partial charge in [-0.05, 0) is 17.0 Å². The number of carboxylic acids is 1. The lowest BCUT2D eigenvalue weighted by molar-refractivity contribution is -0.137. The third-order valence-electron chi connectivity index (χ3n) is 3.10. The summed E-state index contributed by atoms with van der Waals surface area (Å²) in [6.07, 6.45) is -0.0486. The summed E-state index contributed by atoms with van der Waals surface area (Å²) in [7, 11) is 1.58. The molecule has 2 N–H and O–H groups in total. The van der Waals surface area contributed by atoms with Gasteiger partial charge in [0.1, 0.15) is 0 Å². The minimum atomic E-state index is -0.908. The molecule has 0 spiro atoms. The van der Waals surface area contributed by atoms with Gasteiger partial charge in [0.2, 0.25) is 0 Å². The van der Waals surface area contributed by atoms with Gasteiger partial charge in [0.05, 0.1) is 6.42 Å². The summed E-state index contributed by atoms with van der Waals surface area (Å²) in [6.45, 7) is 4.91. The van der Waals surface area contributed by atoms with Crippen LogP contribution in [0.25, 0.3) is 0 Å². The Hall–Kier alpha value is -2.04. The molecule has 110 valence electrons. The van der Waals surface area contributed by atoms with Gasteiger partial charge < -0.3 is 15.3 Å². The van der Waals surface area contributed by atoms with Crippen LogP contribution in [0, 0.1) is 0 Å². The van der Waals surface area contributed by atoms with Gasteiger partial charge in [-0.15, -0.1) is 0 Å². The van der Waals surface area contributed by atoms with Crippen LogP contribution in [0.4, 0.5) is 4.79 Å². The summed E-state index contributed by atoms with van der Waals surface area (Å²) >= 11 is 0. The van der Waals surface area contributed by atoms with Crippen molar-refractivity contribution in [1.82, 2.24) is 10.2 Å². The van der Waals surface area contributed by atoms with Crippen molar-refractivity contribution in [3.63, 3.8) is 0 Å². The fraction of sp³-hybridized carbons (Fsp3) is 0.467. The van der Waals surface area contributed by atoms with Crippen LogP contribution in [-0.2, 0) is 11.3 Å². The van der Waals surface area contributed by atoms with Crippen molar-refractivity contribution in [2.45, 2.75) is 32.7 Å². The van der Waals surface area contributed by atoms with Crippen LogP contribution in [0.15, 0.2) is 24.3 Å². The Kier molecular flexibility index (Phi) is 6.03. The maximum absolute atomic E-state index is 11.7. The SMILES string of the molecule is CC(C)c1ccc(CNC(=O)N(C)CCC(=O)O)cc1. The lowest BCUT2D eigenvalue weighted by Gasteiger charge is -2.17. The number of rotatable bonds is 6. The van der Waals surface area contributed by atoms with Crippen LogP contribution in [0.2, 0.25) is 0 Å². The van der Waals surface area contributed by atoms with Crippen LogP contribution < -0.4 is 5.32 Å². The maximum Gasteiger partial charge on any atom is 0.317 e. The summed E-state index contributed by atoms with van der Waals surface area (Å²) < 4.78 is 0. The quantitative estimate of drug-likeness (QED) is 0.839. The van der Waals surface area contributed by atoms with Gasteiger partial charge in [-0.2, -0.15) is 0 Å². The van der Waals surface area contributed by atoms with Gasteiger partial charge in [-0.25, -0.2) is 4.79 Å². The number of benzene rings is 1. The summed E-state index contributed by atoms with van der Waals surface area (Å²) in [5.41, 5.74) is 2.29. The lowest BCUT2D eigenvalue weighted by atomic mass is 10.0. The van der Waals surface area contributed by atoms with Crippen LogP contribution >= 0.6 is 0 Å². The molecule has 0 saturated carbocycles. The third-order valence-corrected chi connectivity index (χ3v) is 3.10. The Bertz CT molecular complexity index is 455. The first-order chi connectivity index (χ1) is 9.40. The average Bonchev–Trinajstić information content (AvgIpc) is 2.42. The van der Waals surface area contributed by atoms with E-state index in [4.69, 9.17) is 5.11 Å². The molecule has 1 aromatic rings. The number of nitrogens with zero attached hydrogens (tertiary/aromatic N) is 1. The zero-order chi connectivity index (χ0) is 15.1. The highest BCUT2D eigenvalue weighted by Crippen LogP contribution is 2.14. The number of urea groups is 1. The standard InChI is InChI=1S/C15H22N2O3/c1-11(2)13-6-4-12(5-7-13)10-16-15(20)17(3)9-8-14(18)19/h4-7,11H,8-10H2,1-3H3,(H,16,20)(H,18,19). The molecule has 0 atom stereocenters. The molecule has 0 radical (unpaired) electrons. The van der Waals surface area contributed by atoms with E-state index in [1.54, 1.807) is 7.05 Å². The van der Waals surface area contributed by atoms with E-state index in [1.807, 2.05) is 12.1 Å². The second-order valence-electron chi connectivity index (χ2n) is 5.12. The minimum absolute atomic E-state index is 0.0486. The van der Waals surface area contributed by atoms with E-state index >= 15 is 0 Å². The number of carbonyl (C=O) groups is 2. The Morgan fingerprint density at radius 2 is 1.85 bits per heavy atom. The topological polar surface area (TPSA) is 69.6 Å². The largest absolute Gasteiger partial charge is 0.481 e. The first-order valence-electron chi connectivity index (χ1n) is 6.69. The molecule has 0 aromatic heterocycles. The van der Waals surface area contributed by atoms with E-state index in [1.165, 1.54) is 10.5 Å². The predicted octanol–water partition coefficient (Wildman–Crippen LogP) is 2.43. The molecule has 0 saturated heterocycles. The zero-order valence-electron chi connectivity index (χ0n) is 12.2. The summed E-state index contributed by atoms with van der Waals surface area (Å²) in [4.78, 5) is 23.5. The van der Waals surface area contributed by atoms with Crippen LogP contribution in [0.5, 0.6) is 0 Å². The molecule has 1 aromatic carbocycles. The van der Waals surface area contributed by atoms with Crippen LogP contribution in [-0.4, -0.2) is 35.6 Å². The minimum Gasteiger partial charge on any atom is -0.481 e. The molecule has 0 heterocycles. The first kappa shape index (κ1) is 16.0. The maximum atomic E-state index is 11.7. The number of carbonyl (C=O) groups excluding carboxylic acids is 1. The van der Waals surface area contributed by atoms with Crippen molar-refractivity contribution in [1.29, 1.82) is 0 Å². The highest BCUT2D eigenvalue weighted by molar-refractivity contribution is 5.75. The predicted molar refractivity (Wildman–Crippen MR) is 77.6 cm³/mol. The van der Waals surface area contributed by atoms with Crippen LogP contribution in [0.3, 0.4) is 0 Å². The van der Waals surface area contributed by atoms with E-state index in [9.17, 15) is 9.59 Å². The Morgan fingerprint density at radius 3 is 2.35 bits per heavy atom. The zero-order valence-corrected chi connectivity index (χ0v) is 12.2. The van der Waals surface area contributed by atoms with Gasteiger partial charge in [-0.1, -0.05) is 38.1 Å². The summed E-state index contributed by atoms with van der Waals surface area (Å²) in [6, 6.07) is 7.83. The number of hydrogen-bond donors (Lipinski definition) is 2. The van der Waals surface area contributed by atoms with Crippen molar-refractivity contribution >= 4 is 12.0 Å². The van der Waals surface area contributed by atoms with E-state index < -0.39 is 5.97 Å². The number of carboxylic acid groups (broad SMARTS) is 1. The van der Waals surface area contributed by atoms with Gasteiger partial charge in [-0.3, -0.25) is 4.79 Å². The van der Waals surface area contributed by atoms with E-state index in [2.05, 4.69) is 31.3 Å². The molecule has 0 fully saturated rings. The Morgan fingerprint density at radius 1 is 1.25 bits per heavy atom. The summed E-state index contributed by atoms with van der Waals surface area (Å²) in [5.74, 6) is -0.422. The van der Waals surface area contributed by atoms with Gasteiger partial charge in [0.15, 0.2) is 0 Å². The monoisotopic (exact) mass is 278 g/mol. The first-order valence-corrected chi connectivity index (χ1v) is 6.69. The van der Waals surface area contributed by atoms with Gasteiger partial charge in [0.25, 0.3) is 0 Å². The highest BCUT2D eigenvalue weighted by Gasteiger charge is 2.09. The molecule has 0 unspecified atom stereocenters. The number of aliphatic carboxylic acids is 1. The molecular formula is C15H22N2O3. The van der Waals surface area contributed by atoms with Crippen molar-refractivity contribution in [3.05, 3.63) is 35.4 Å². The molecule has 1 rings (SSSR count). The number of hydrogen-bond acceptors (Lipinski definition) is 2. The average molecular weight is 278 g/mol. The summed E-state index contributed by atoms with van der Waals surface area (Å²) in [5, 5.41) is 11.3. The molecular weight excluding hydrogens is 256 g/mol. The highest BCUT2D eigenvalue weighted by atomic mass is 16.4. The second-order valence-corrected chi connectivity index (χ2v) is 5.12. The fourth-order valence-electron chi connectivity index (χ4n) is 1.70. The molecule has 5 nitrogen and oxygen atoms in total. The Balaban J connectivity index is 2.42. The molecule has 0 aliphatic heterocycles. The molecule has 0 aliphatic carbocycles. The molecule has 20 heavy (non-hydrogen) atoms. The molecule has 0 bridgehead atoms. The van der Waals surface area contributed by atoms with Crippen molar-refractivity contribution in [3.8, 4) is 0 Å². The molecule has 0 aliphatic rings. The van der Waals surface area contributed by atoms with Gasteiger partial charge in [0, 0.05) is 20.1 Å². The second kappa shape index (κ2) is 7.53. The molecule has 2 amide bonds. The van der Waals surface area contributed by atoms with Crippen molar-refractivity contribution in [2.24, 2.45) is 0 Å². The van der Waals surface area contributed by atoms with E-state index in [0.29, 0.717) is 12.5 Å². The lowest BCUT2D eigenvalue weighted by Crippen LogP contribution is -2.37. The van der Waals surface area contributed by atoms with E-state index in [0.717, 1.165) is 5.56 Å². The fourth-order valence-corrected chi connectivity index (χ4v) is 1.70. The normalized spacial score (nSPS) is 10.4.